The van der Waals surface area contributed by atoms with Gasteiger partial charge in [-0.3, -0.25) is 4.79 Å². The molecular formula is C19H14N4O3S. The molecule has 1 aromatic heterocycles. The maximum absolute atomic E-state index is 12.3. The SMILES string of the molecule is Cn1c(/C=C2/SC(=Nc3ccc(C(=O)O)cc3)NC2=O)nc2ccccc21. The number of aromatic nitrogens is 2. The van der Waals surface area contributed by atoms with Gasteiger partial charge in [0.25, 0.3) is 5.91 Å². The molecule has 0 spiro atoms. The van der Waals surface area contributed by atoms with Gasteiger partial charge >= 0.3 is 5.97 Å². The Morgan fingerprint density at radius 1 is 1.22 bits per heavy atom. The van der Waals surface area contributed by atoms with Crippen LogP contribution in [0.4, 0.5) is 5.69 Å². The Hall–Kier alpha value is -3.39. The fourth-order valence-electron chi connectivity index (χ4n) is 2.69. The van der Waals surface area contributed by atoms with Crippen LogP contribution in [0.3, 0.4) is 0 Å². The summed E-state index contributed by atoms with van der Waals surface area (Å²) in [6, 6.07) is 13.9. The Balaban J connectivity index is 1.60. The van der Waals surface area contributed by atoms with Crippen LogP contribution in [0.25, 0.3) is 17.1 Å². The van der Waals surface area contributed by atoms with Gasteiger partial charge in [0.15, 0.2) is 5.17 Å². The van der Waals surface area contributed by atoms with Gasteiger partial charge in [-0.1, -0.05) is 12.1 Å². The van der Waals surface area contributed by atoms with E-state index in [2.05, 4.69) is 15.3 Å². The summed E-state index contributed by atoms with van der Waals surface area (Å²) in [5.41, 5.74) is 2.60. The zero-order valence-corrected chi connectivity index (χ0v) is 15.0. The largest absolute Gasteiger partial charge is 0.478 e. The molecule has 1 saturated heterocycles. The lowest BCUT2D eigenvalue weighted by Gasteiger charge is -1.98. The number of aliphatic imine (C=N–C) groups is 1. The minimum Gasteiger partial charge on any atom is -0.478 e. The van der Waals surface area contributed by atoms with Crippen molar-refractivity contribution in [1.29, 1.82) is 0 Å². The minimum atomic E-state index is -0.995. The van der Waals surface area contributed by atoms with Crippen molar-refractivity contribution in [3.63, 3.8) is 0 Å². The Morgan fingerprint density at radius 3 is 2.67 bits per heavy atom. The number of carbonyl (C=O) groups excluding carboxylic acids is 1. The van der Waals surface area contributed by atoms with Crippen molar-refractivity contribution in [1.82, 2.24) is 14.9 Å². The summed E-state index contributed by atoms with van der Waals surface area (Å²) >= 11 is 1.22. The average Bonchev–Trinajstić information content (AvgIpc) is 3.16. The molecule has 0 bridgehead atoms. The Kier molecular flexibility index (Phi) is 4.25. The smallest absolute Gasteiger partial charge is 0.335 e. The second-order valence-electron chi connectivity index (χ2n) is 5.85. The summed E-state index contributed by atoms with van der Waals surface area (Å²) in [4.78, 5) is 32.5. The molecule has 4 rings (SSSR count). The molecule has 7 nitrogen and oxygen atoms in total. The summed E-state index contributed by atoms with van der Waals surface area (Å²) in [6.07, 6.45) is 1.73. The number of amides is 1. The van der Waals surface area contributed by atoms with Crippen LogP contribution in [0.2, 0.25) is 0 Å². The number of carbonyl (C=O) groups is 2. The monoisotopic (exact) mass is 378 g/mol. The van der Waals surface area contributed by atoms with Crippen LogP contribution in [0.1, 0.15) is 16.2 Å². The number of fused-ring (bicyclic) bond motifs is 1. The van der Waals surface area contributed by atoms with Crippen LogP contribution >= 0.6 is 11.8 Å². The molecule has 0 unspecified atom stereocenters. The number of nitrogens with zero attached hydrogens (tertiary/aromatic N) is 3. The van der Waals surface area contributed by atoms with E-state index in [0.29, 0.717) is 21.6 Å². The summed E-state index contributed by atoms with van der Waals surface area (Å²) < 4.78 is 1.93. The maximum atomic E-state index is 12.3. The summed E-state index contributed by atoms with van der Waals surface area (Å²) in [5, 5.41) is 12.1. The average molecular weight is 378 g/mol. The zero-order chi connectivity index (χ0) is 19.0. The highest BCUT2D eigenvalue weighted by molar-refractivity contribution is 8.18. The van der Waals surface area contributed by atoms with Gasteiger partial charge in [-0.25, -0.2) is 14.8 Å². The topological polar surface area (TPSA) is 96.6 Å². The van der Waals surface area contributed by atoms with E-state index >= 15 is 0 Å². The number of thioether (sulfide) groups is 1. The van der Waals surface area contributed by atoms with Crippen LogP contribution in [0.5, 0.6) is 0 Å². The molecule has 3 aromatic rings. The van der Waals surface area contributed by atoms with Gasteiger partial charge in [0, 0.05) is 13.1 Å². The minimum absolute atomic E-state index is 0.185. The quantitative estimate of drug-likeness (QED) is 0.683. The van der Waals surface area contributed by atoms with Crippen molar-refractivity contribution in [3.05, 3.63) is 64.8 Å². The fourth-order valence-corrected chi connectivity index (χ4v) is 3.50. The number of imidazole rings is 1. The molecule has 2 N–H and O–H groups in total. The third-order valence-electron chi connectivity index (χ3n) is 4.08. The van der Waals surface area contributed by atoms with Gasteiger partial charge in [-0.2, -0.15) is 0 Å². The molecule has 134 valence electrons. The fraction of sp³-hybridized carbons (Fsp3) is 0.0526. The molecule has 0 aliphatic carbocycles. The third-order valence-corrected chi connectivity index (χ3v) is 4.99. The highest BCUT2D eigenvalue weighted by Crippen LogP contribution is 2.28. The standard InChI is InChI=1S/C19H14N4O3S/c1-23-14-5-3-2-4-13(14)21-16(23)10-15-17(24)22-19(27-15)20-12-8-6-11(7-9-12)18(25)26/h2-10H,1H3,(H,25,26)(H,20,22,24)/b15-10+. The Morgan fingerprint density at radius 2 is 1.96 bits per heavy atom. The first kappa shape index (κ1) is 17.0. The van der Waals surface area contributed by atoms with E-state index < -0.39 is 5.97 Å². The van der Waals surface area contributed by atoms with Gasteiger partial charge in [-0.05, 0) is 48.2 Å². The summed E-state index contributed by atoms with van der Waals surface area (Å²) in [7, 11) is 1.90. The van der Waals surface area contributed by atoms with Gasteiger partial charge in [0.05, 0.1) is 27.2 Å². The zero-order valence-electron chi connectivity index (χ0n) is 14.2. The van der Waals surface area contributed by atoms with E-state index in [1.54, 1.807) is 18.2 Å². The molecular weight excluding hydrogens is 364 g/mol. The predicted octanol–water partition coefficient (Wildman–Crippen LogP) is 3.16. The molecule has 0 radical (unpaired) electrons. The van der Waals surface area contributed by atoms with Crippen LogP contribution < -0.4 is 5.32 Å². The molecule has 0 atom stereocenters. The predicted molar refractivity (Wildman–Crippen MR) is 105 cm³/mol. The molecule has 8 heteroatoms. The number of benzene rings is 2. The van der Waals surface area contributed by atoms with E-state index in [0.717, 1.165) is 11.0 Å². The summed E-state index contributed by atoms with van der Waals surface area (Å²) in [5.74, 6) is -0.556. The first-order chi connectivity index (χ1) is 13.0. The molecule has 1 amide bonds. The number of rotatable bonds is 3. The number of carboxylic acid groups (broad SMARTS) is 1. The van der Waals surface area contributed by atoms with Crippen molar-refractivity contribution in [2.24, 2.45) is 12.0 Å². The lowest BCUT2D eigenvalue weighted by atomic mass is 10.2. The van der Waals surface area contributed by atoms with Gasteiger partial charge in [0.1, 0.15) is 5.82 Å². The van der Waals surface area contributed by atoms with Crippen LogP contribution in [-0.2, 0) is 11.8 Å². The first-order valence-electron chi connectivity index (χ1n) is 8.06. The number of nitrogens with one attached hydrogen (secondary N) is 1. The summed E-state index contributed by atoms with van der Waals surface area (Å²) in [6.45, 7) is 0. The lowest BCUT2D eigenvalue weighted by Crippen LogP contribution is -2.19. The van der Waals surface area contributed by atoms with E-state index in [-0.39, 0.29) is 11.5 Å². The molecule has 2 aromatic carbocycles. The van der Waals surface area contributed by atoms with Crippen molar-refractivity contribution in [3.8, 4) is 0 Å². The van der Waals surface area contributed by atoms with Gasteiger partial charge < -0.3 is 15.0 Å². The normalized spacial score (nSPS) is 17.0. The van der Waals surface area contributed by atoms with E-state index in [9.17, 15) is 9.59 Å². The first-order valence-corrected chi connectivity index (χ1v) is 8.87. The number of para-hydroxylation sites is 2. The molecule has 27 heavy (non-hydrogen) atoms. The Labute approximate surface area is 158 Å². The van der Waals surface area contributed by atoms with Crippen LogP contribution in [0.15, 0.2) is 58.4 Å². The van der Waals surface area contributed by atoms with Crippen molar-refractivity contribution >= 4 is 51.6 Å². The number of aromatic carboxylic acids is 1. The van der Waals surface area contributed by atoms with Crippen LogP contribution in [-0.4, -0.2) is 31.7 Å². The second-order valence-corrected chi connectivity index (χ2v) is 6.88. The van der Waals surface area contributed by atoms with E-state index in [1.165, 1.54) is 23.9 Å². The van der Waals surface area contributed by atoms with Gasteiger partial charge in [0.2, 0.25) is 0 Å². The molecule has 1 fully saturated rings. The van der Waals surface area contributed by atoms with Crippen molar-refractivity contribution in [2.75, 3.05) is 0 Å². The Bertz CT molecular complexity index is 1130. The van der Waals surface area contributed by atoms with Crippen LogP contribution in [0, 0.1) is 0 Å². The molecule has 1 aliphatic heterocycles. The second kappa shape index (κ2) is 6.73. The highest BCUT2D eigenvalue weighted by Gasteiger charge is 2.24. The highest BCUT2D eigenvalue weighted by atomic mass is 32.2. The number of amidine groups is 1. The van der Waals surface area contributed by atoms with Crippen molar-refractivity contribution in [2.45, 2.75) is 0 Å². The van der Waals surface area contributed by atoms with E-state index in [4.69, 9.17) is 5.11 Å². The lowest BCUT2D eigenvalue weighted by molar-refractivity contribution is -0.115. The van der Waals surface area contributed by atoms with Crippen molar-refractivity contribution < 1.29 is 14.7 Å². The molecule has 1 aliphatic rings. The molecule has 2 heterocycles. The number of aryl methyl sites for hydroxylation is 1. The third kappa shape index (κ3) is 3.34. The maximum Gasteiger partial charge on any atom is 0.335 e. The van der Waals surface area contributed by atoms with E-state index in [1.807, 2.05) is 35.9 Å². The number of hydrogen-bond acceptors (Lipinski definition) is 5. The van der Waals surface area contributed by atoms with Gasteiger partial charge in [-0.15, -0.1) is 0 Å². The number of carboxylic acids is 1. The number of hydrogen-bond donors (Lipinski definition) is 2. The molecule has 0 saturated carbocycles.